The van der Waals surface area contributed by atoms with E-state index < -0.39 is 0 Å². The third-order valence-electron chi connectivity index (χ3n) is 2.06. The molecule has 76 valence electrons. The Labute approximate surface area is 102 Å². The maximum absolute atomic E-state index is 5.76. The summed E-state index contributed by atoms with van der Waals surface area (Å²) in [5.74, 6) is 1.33. The summed E-state index contributed by atoms with van der Waals surface area (Å²) in [7, 11) is 1.97. The van der Waals surface area contributed by atoms with Crippen molar-refractivity contribution in [3.63, 3.8) is 0 Å². The van der Waals surface area contributed by atoms with E-state index in [1.54, 1.807) is 0 Å². The molecule has 0 saturated carbocycles. The van der Waals surface area contributed by atoms with Crippen molar-refractivity contribution in [2.75, 3.05) is 0 Å². The fourth-order valence-corrected chi connectivity index (χ4v) is 2.25. The number of halogens is 3. The molecule has 0 spiro atoms. The van der Waals surface area contributed by atoms with Gasteiger partial charge in [-0.1, -0.05) is 6.07 Å². The third-order valence-corrected chi connectivity index (χ3v) is 2.94. The summed E-state index contributed by atoms with van der Waals surface area (Å²) >= 11 is 9.24. The molecule has 2 rings (SSSR count). The molecule has 0 unspecified atom stereocenters. The van der Waals surface area contributed by atoms with E-state index in [2.05, 4.69) is 20.9 Å². The average Bonchev–Trinajstić information content (AvgIpc) is 2.44. The van der Waals surface area contributed by atoms with Crippen molar-refractivity contribution in [2.24, 2.45) is 7.05 Å². The summed E-state index contributed by atoms with van der Waals surface area (Å²) in [6.45, 7) is 0. The molecule has 0 amide bonds. The van der Waals surface area contributed by atoms with E-state index in [4.69, 9.17) is 11.6 Å². The summed E-state index contributed by atoms with van der Waals surface area (Å²) in [4.78, 5) is 4.39. The molecule has 0 saturated heterocycles. The minimum absolute atomic E-state index is 0. The first-order valence-electron chi connectivity index (χ1n) is 3.90. The molecule has 0 aliphatic rings. The monoisotopic (exact) mass is 294 g/mol. The lowest BCUT2D eigenvalue weighted by atomic mass is 10.3. The van der Waals surface area contributed by atoms with Gasteiger partial charge in [0.1, 0.15) is 5.82 Å². The maximum Gasteiger partial charge on any atom is 0.124 e. The normalized spacial score (nSPS) is 10.2. The molecular weight excluding hydrogens is 287 g/mol. The minimum Gasteiger partial charge on any atom is -0.329 e. The quantitative estimate of drug-likeness (QED) is 0.736. The van der Waals surface area contributed by atoms with Crippen LogP contribution < -0.4 is 0 Å². The zero-order valence-corrected chi connectivity index (χ0v) is 10.7. The van der Waals surface area contributed by atoms with E-state index in [1.165, 1.54) is 0 Å². The van der Waals surface area contributed by atoms with E-state index in [0.29, 0.717) is 5.88 Å². The fourth-order valence-electron chi connectivity index (χ4n) is 1.39. The van der Waals surface area contributed by atoms with Gasteiger partial charge in [-0.3, -0.25) is 0 Å². The van der Waals surface area contributed by atoms with Crippen LogP contribution in [0.4, 0.5) is 0 Å². The van der Waals surface area contributed by atoms with Crippen LogP contribution in [0.5, 0.6) is 0 Å². The van der Waals surface area contributed by atoms with E-state index in [-0.39, 0.29) is 12.4 Å². The number of aromatic nitrogens is 2. The van der Waals surface area contributed by atoms with Gasteiger partial charge in [0.05, 0.1) is 16.9 Å². The first-order chi connectivity index (χ1) is 6.24. The predicted octanol–water partition coefficient (Wildman–Crippen LogP) is 3.50. The van der Waals surface area contributed by atoms with Crippen LogP contribution in [-0.2, 0) is 12.9 Å². The second-order valence-corrected chi connectivity index (χ2v) is 3.95. The molecule has 1 aromatic heterocycles. The highest BCUT2D eigenvalue weighted by Crippen LogP contribution is 2.24. The number of fused-ring (bicyclic) bond motifs is 1. The van der Waals surface area contributed by atoms with Gasteiger partial charge in [-0.2, -0.15) is 0 Å². The highest BCUT2D eigenvalue weighted by atomic mass is 79.9. The number of alkyl halides is 1. The largest absolute Gasteiger partial charge is 0.329 e. The third kappa shape index (κ3) is 1.76. The van der Waals surface area contributed by atoms with Crippen molar-refractivity contribution in [1.29, 1.82) is 0 Å². The molecule has 0 atom stereocenters. The Bertz CT molecular complexity index is 453. The number of aryl methyl sites for hydroxylation is 1. The zero-order valence-electron chi connectivity index (χ0n) is 7.50. The van der Waals surface area contributed by atoms with Crippen LogP contribution in [0.25, 0.3) is 11.0 Å². The Morgan fingerprint density at radius 3 is 2.79 bits per heavy atom. The summed E-state index contributed by atoms with van der Waals surface area (Å²) in [5, 5.41) is 0. The molecule has 2 aromatic rings. The predicted molar refractivity (Wildman–Crippen MR) is 65.2 cm³/mol. The van der Waals surface area contributed by atoms with Crippen molar-refractivity contribution in [3.05, 3.63) is 28.5 Å². The number of benzene rings is 1. The van der Waals surface area contributed by atoms with Crippen LogP contribution in [0.1, 0.15) is 5.82 Å². The smallest absolute Gasteiger partial charge is 0.124 e. The Kier molecular flexibility index (Phi) is 3.81. The summed E-state index contributed by atoms with van der Waals surface area (Å²) in [6, 6.07) is 5.95. The molecule has 14 heavy (non-hydrogen) atoms. The van der Waals surface area contributed by atoms with E-state index >= 15 is 0 Å². The first-order valence-corrected chi connectivity index (χ1v) is 5.22. The van der Waals surface area contributed by atoms with Crippen LogP contribution >= 0.6 is 39.9 Å². The van der Waals surface area contributed by atoms with E-state index in [0.717, 1.165) is 21.3 Å². The Balaban J connectivity index is 0.000000980. The second-order valence-electron chi connectivity index (χ2n) is 2.83. The topological polar surface area (TPSA) is 17.8 Å². The summed E-state index contributed by atoms with van der Waals surface area (Å²) in [5.41, 5.74) is 2.07. The van der Waals surface area contributed by atoms with Gasteiger partial charge in [0.25, 0.3) is 0 Å². The van der Waals surface area contributed by atoms with Gasteiger partial charge in [0, 0.05) is 11.5 Å². The average molecular weight is 296 g/mol. The van der Waals surface area contributed by atoms with E-state index in [1.807, 2.05) is 29.8 Å². The minimum atomic E-state index is 0. The molecule has 0 bridgehead atoms. The van der Waals surface area contributed by atoms with Crippen molar-refractivity contribution in [3.8, 4) is 0 Å². The molecule has 0 fully saturated rings. The summed E-state index contributed by atoms with van der Waals surface area (Å²) < 4.78 is 3.06. The number of hydrogen-bond donors (Lipinski definition) is 0. The number of para-hydroxylation sites is 1. The van der Waals surface area contributed by atoms with Gasteiger partial charge in [-0.05, 0) is 28.1 Å². The van der Waals surface area contributed by atoms with Gasteiger partial charge in [0.2, 0.25) is 0 Å². The van der Waals surface area contributed by atoms with Crippen molar-refractivity contribution in [2.45, 2.75) is 5.88 Å². The lowest BCUT2D eigenvalue weighted by Crippen LogP contribution is -1.94. The van der Waals surface area contributed by atoms with Gasteiger partial charge in [-0.15, -0.1) is 24.0 Å². The Hall–Kier alpha value is -0.250. The fraction of sp³-hybridized carbons (Fsp3) is 0.222. The maximum atomic E-state index is 5.76. The first kappa shape index (κ1) is 11.8. The Morgan fingerprint density at radius 1 is 1.50 bits per heavy atom. The zero-order chi connectivity index (χ0) is 9.42. The standard InChI is InChI=1S/C9H8BrClN2.ClH/c1-13-8(5-11)12-7-4-2-3-6(10)9(7)13;/h2-4H,5H2,1H3;1H. The number of imidazole rings is 1. The second kappa shape index (κ2) is 4.51. The van der Waals surface area contributed by atoms with Crippen molar-refractivity contribution < 1.29 is 0 Å². The van der Waals surface area contributed by atoms with Gasteiger partial charge in [-0.25, -0.2) is 4.98 Å². The van der Waals surface area contributed by atoms with Crippen molar-refractivity contribution in [1.82, 2.24) is 9.55 Å². The summed E-state index contributed by atoms with van der Waals surface area (Å²) in [6.07, 6.45) is 0. The molecule has 5 heteroatoms. The molecule has 2 nitrogen and oxygen atoms in total. The molecule has 1 heterocycles. The molecule has 0 aliphatic heterocycles. The van der Waals surface area contributed by atoms with Crippen LogP contribution in [0.3, 0.4) is 0 Å². The van der Waals surface area contributed by atoms with Crippen LogP contribution in [-0.4, -0.2) is 9.55 Å². The van der Waals surface area contributed by atoms with Gasteiger partial charge >= 0.3 is 0 Å². The lowest BCUT2D eigenvalue weighted by molar-refractivity contribution is 0.872. The number of nitrogens with zero attached hydrogens (tertiary/aromatic N) is 2. The van der Waals surface area contributed by atoms with Gasteiger partial charge in [0.15, 0.2) is 0 Å². The number of rotatable bonds is 1. The SMILES string of the molecule is Cl.Cn1c(CCl)nc2cccc(Br)c21. The molecular formula is C9H9BrCl2N2. The molecule has 0 N–H and O–H groups in total. The Morgan fingerprint density at radius 2 is 2.21 bits per heavy atom. The van der Waals surface area contributed by atoms with Gasteiger partial charge < -0.3 is 4.57 Å². The highest BCUT2D eigenvalue weighted by Gasteiger charge is 2.08. The molecule has 0 radical (unpaired) electrons. The lowest BCUT2D eigenvalue weighted by Gasteiger charge is -1.99. The highest BCUT2D eigenvalue weighted by molar-refractivity contribution is 9.10. The molecule has 0 aliphatic carbocycles. The van der Waals surface area contributed by atoms with Crippen molar-refractivity contribution >= 4 is 51.0 Å². The van der Waals surface area contributed by atoms with E-state index in [9.17, 15) is 0 Å². The molecule has 1 aromatic carbocycles. The number of hydrogen-bond acceptors (Lipinski definition) is 1. The van der Waals surface area contributed by atoms with Crippen LogP contribution in [0.2, 0.25) is 0 Å². The van der Waals surface area contributed by atoms with Crippen LogP contribution in [0, 0.1) is 0 Å². The van der Waals surface area contributed by atoms with Crippen LogP contribution in [0.15, 0.2) is 22.7 Å².